The van der Waals surface area contributed by atoms with E-state index in [1.165, 1.54) is 12.8 Å². The van der Waals surface area contributed by atoms with Crippen LogP contribution in [0.15, 0.2) is 18.2 Å². The summed E-state index contributed by atoms with van der Waals surface area (Å²) >= 11 is 11.8. The molecule has 0 aromatic heterocycles. The molecule has 1 aliphatic rings. The molecule has 1 atom stereocenters. The molecule has 2 rings (SSSR count). The molecule has 0 amide bonds. The number of rotatable bonds is 4. The van der Waals surface area contributed by atoms with Crippen LogP contribution in [0.2, 0.25) is 10.0 Å². The van der Waals surface area contributed by atoms with Crippen molar-refractivity contribution in [3.05, 3.63) is 28.2 Å². The second-order valence-corrected chi connectivity index (χ2v) is 5.24. The van der Waals surface area contributed by atoms with Gasteiger partial charge in [0.05, 0.1) is 16.7 Å². The topological polar surface area (TPSA) is 21.3 Å². The van der Waals surface area contributed by atoms with Gasteiger partial charge >= 0.3 is 0 Å². The van der Waals surface area contributed by atoms with Gasteiger partial charge in [-0.2, -0.15) is 0 Å². The highest BCUT2D eigenvalue weighted by Gasteiger charge is 2.12. The first-order valence-electron chi connectivity index (χ1n) is 6.04. The first-order valence-corrected chi connectivity index (χ1v) is 6.80. The average molecular weight is 274 g/mol. The van der Waals surface area contributed by atoms with E-state index >= 15 is 0 Å². The predicted octanol–water partition coefficient (Wildman–Crippen LogP) is 3.76. The Labute approximate surface area is 112 Å². The summed E-state index contributed by atoms with van der Waals surface area (Å²) in [6.07, 6.45) is 3.67. The van der Waals surface area contributed by atoms with Crippen LogP contribution in [0, 0.1) is 5.92 Å². The van der Waals surface area contributed by atoms with E-state index in [9.17, 15) is 0 Å². The molecule has 1 N–H and O–H groups in total. The van der Waals surface area contributed by atoms with E-state index in [0.717, 1.165) is 37.8 Å². The summed E-state index contributed by atoms with van der Waals surface area (Å²) < 4.78 is 5.67. The third-order valence-electron chi connectivity index (χ3n) is 3.08. The van der Waals surface area contributed by atoms with Gasteiger partial charge in [0.15, 0.2) is 0 Å². The molecule has 0 spiro atoms. The number of ether oxygens (including phenoxy) is 1. The predicted molar refractivity (Wildman–Crippen MR) is 72.2 cm³/mol. The zero-order valence-electron chi connectivity index (χ0n) is 9.72. The van der Waals surface area contributed by atoms with E-state index < -0.39 is 0 Å². The van der Waals surface area contributed by atoms with E-state index in [4.69, 9.17) is 27.9 Å². The molecule has 1 aromatic carbocycles. The van der Waals surface area contributed by atoms with E-state index in [1.54, 1.807) is 12.1 Å². The SMILES string of the molecule is Clc1ccc(OCCC2CCCNC2)cc1Cl. The fourth-order valence-corrected chi connectivity index (χ4v) is 2.37. The van der Waals surface area contributed by atoms with E-state index in [1.807, 2.05) is 6.07 Å². The largest absolute Gasteiger partial charge is 0.494 e. The van der Waals surface area contributed by atoms with Gasteiger partial charge in [-0.3, -0.25) is 0 Å². The van der Waals surface area contributed by atoms with Gasteiger partial charge in [0.1, 0.15) is 5.75 Å². The molecule has 0 radical (unpaired) electrons. The molecular formula is C13H17Cl2NO. The van der Waals surface area contributed by atoms with Crippen molar-refractivity contribution in [2.24, 2.45) is 5.92 Å². The lowest BCUT2D eigenvalue weighted by Crippen LogP contribution is -2.30. The molecule has 4 heteroatoms. The quantitative estimate of drug-likeness (QED) is 0.902. The lowest BCUT2D eigenvalue weighted by molar-refractivity contribution is 0.254. The minimum Gasteiger partial charge on any atom is -0.494 e. The molecule has 1 heterocycles. The van der Waals surface area contributed by atoms with E-state index in [-0.39, 0.29) is 0 Å². The van der Waals surface area contributed by atoms with Crippen molar-refractivity contribution in [3.8, 4) is 5.75 Å². The lowest BCUT2D eigenvalue weighted by atomic mass is 9.97. The Morgan fingerprint density at radius 2 is 2.18 bits per heavy atom. The third-order valence-corrected chi connectivity index (χ3v) is 3.82. The van der Waals surface area contributed by atoms with Crippen molar-refractivity contribution < 1.29 is 4.74 Å². The normalized spacial score (nSPS) is 20.2. The van der Waals surface area contributed by atoms with Crippen molar-refractivity contribution in [2.75, 3.05) is 19.7 Å². The average Bonchev–Trinajstić information content (AvgIpc) is 2.35. The number of nitrogens with one attached hydrogen (secondary N) is 1. The van der Waals surface area contributed by atoms with Crippen molar-refractivity contribution in [1.29, 1.82) is 0 Å². The Bertz CT molecular complexity index is 364. The summed E-state index contributed by atoms with van der Waals surface area (Å²) in [5, 5.41) is 4.52. The summed E-state index contributed by atoms with van der Waals surface area (Å²) in [5.74, 6) is 1.54. The highest BCUT2D eigenvalue weighted by atomic mass is 35.5. The summed E-state index contributed by atoms with van der Waals surface area (Å²) in [6, 6.07) is 5.39. The zero-order valence-corrected chi connectivity index (χ0v) is 11.2. The molecule has 1 unspecified atom stereocenters. The maximum atomic E-state index is 5.92. The molecule has 17 heavy (non-hydrogen) atoms. The molecule has 94 valence electrons. The Hall–Kier alpha value is -0.440. The standard InChI is InChI=1S/C13H17Cl2NO/c14-12-4-3-11(8-13(12)15)17-7-5-10-2-1-6-16-9-10/h3-4,8,10,16H,1-2,5-7,9H2. The Kier molecular flexibility index (Phi) is 4.96. The van der Waals surface area contributed by atoms with Crippen molar-refractivity contribution in [2.45, 2.75) is 19.3 Å². The van der Waals surface area contributed by atoms with Gasteiger partial charge < -0.3 is 10.1 Å². The molecule has 0 bridgehead atoms. The summed E-state index contributed by atoms with van der Waals surface area (Å²) in [6.45, 7) is 3.01. The highest BCUT2D eigenvalue weighted by Crippen LogP contribution is 2.26. The first kappa shape index (κ1) is 13.0. The molecule has 1 aliphatic heterocycles. The van der Waals surface area contributed by atoms with Crippen molar-refractivity contribution in [1.82, 2.24) is 5.32 Å². The van der Waals surface area contributed by atoms with Crippen LogP contribution in [0.3, 0.4) is 0 Å². The number of benzene rings is 1. The van der Waals surface area contributed by atoms with Gasteiger partial charge in [-0.1, -0.05) is 23.2 Å². The fourth-order valence-electron chi connectivity index (χ4n) is 2.08. The van der Waals surface area contributed by atoms with Gasteiger partial charge in [-0.15, -0.1) is 0 Å². The minimum atomic E-state index is 0.545. The lowest BCUT2D eigenvalue weighted by Gasteiger charge is -2.22. The van der Waals surface area contributed by atoms with Crippen LogP contribution >= 0.6 is 23.2 Å². The molecule has 1 saturated heterocycles. The van der Waals surface area contributed by atoms with Gasteiger partial charge in [-0.25, -0.2) is 0 Å². The highest BCUT2D eigenvalue weighted by molar-refractivity contribution is 6.42. The monoisotopic (exact) mass is 273 g/mol. The Balaban J connectivity index is 1.75. The van der Waals surface area contributed by atoms with E-state index in [2.05, 4.69) is 5.32 Å². The molecular weight excluding hydrogens is 257 g/mol. The van der Waals surface area contributed by atoms with Crippen molar-refractivity contribution >= 4 is 23.2 Å². The van der Waals surface area contributed by atoms with Crippen LogP contribution < -0.4 is 10.1 Å². The zero-order chi connectivity index (χ0) is 12.1. The fraction of sp³-hybridized carbons (Fsp3) is 0.538. The molecule has 0 aliphatic carbocycles. The number of hydrogen-bond acceptors (Lipinski definition) is 2. The number of piperidine rings is 1. The van der Waals surface area contributed by atoms with Crippen LogP contribution in [0.5, 0.6) is 5.75 Å². The minimum absolute atomic E-state index is 0.545. The van der Waals surface area contributed by atoms with E-state index in [0.29, 0.717) is 10.0 Å². The maximum Gasteiger partial charge on any atom is 0.120 e. The van der Waals surface area contributed by atoms with Crippen molar-refractivity contribution in [3.63, 3.8) is 0 Å². The van der Waals surface area contributed by atoms with Crippen LogP contribution in [0.1, 0.15) is 19.3 Å². The smallest absolute Gasteiger partial charge is 0.120 e. The van der Waals surface area contributed by atoms with Crippen LogP contribution in [-0.4, -0.2) is 19.7 Å². The molecule has 0 saturated carbocycles. The van der Waals surface area contributed by atoms with Gasteiger partial charge in [-0.05, 0) is 50.4 Å². The maximum absolute atomic E-state index is 5.92. The van der Waals surface area contributed by atoms with Crippen LogP contribution in [0.25, 0.3) is 0 Å². The summed E-state index contributed by atoms with van der Waals surface area (Å²) in [4.78, 5) is 0. The molecule has 1 fully saturated rings. The Morgan fingerprint density at radius 1 is 1.29 bits per heavy atom. The first-order chi connectivity index (χ1) is 8.25. The number of hydrogen-bond donors (Lipinski definition) is 1. The Morgan fingerprint density at radius 3 is 2.88 bits per heavy atom. The number of halogens is 2. The molecule has 2 nitrogen and oxygen atoms in total. The van der Waals surface area contributed by atoms with Gasteiger partial charge in [0, 0.05) is 6.07 Å². The third kappa shape index (κ3) is 4.06. The second kappa shape index (κ2) is 6.48. The summed E-state index contributed by atoms with van der Waals surface area (Å²) in [5.41, 5.74) is 0. The van der Waals surface area contributed by atoms with Crippen LogP contribution in [0.4, 0.5) is 0 Å². The van der Waals surface area contributed by atoms with Gasteiger partial charge in [0.2, 0.25) is 0 Å². The molecule has 1 aromatic rings. The second-order valence-electron chi connectivity index (χ2n) is 4.43. The van der Waals surface area contributed by atoms with Crippen LogP contribution in [-0.2, 0) is 0 Å². The summed E-state index contributed by atoms with van der Waals surface area (Å²) in [7, 11) is 0. The van der Waals surface area contributed by atoms with Gasteiger partial charge in [0.25, 0.3) is 0 Å².